The SMILES string of the molecule is O=[N+]([O-])/N=C1\NCCCCN1CC1CCOC1. The number of nitrogens with zero attached hydrogens (tertiary/aromatic N) is 3. The Morgan fingerprint density at radius 2 is 2.47 bits per heavy atom. The molecule has 96 valence electrons. The largest absolute Gasteiger partial charge is 0.381 e. The molecule has 2 aliphatic rings. The lowest BCUT2D eigenvalue weighted by molar-refractivity contribution is -0.485. The Kier molecular flexibility index (Phi) is 4.13. The van der Waals surface area contributed by atoms with Crippen molar-refractivity contribution in [2.45, 2.75) is 19.3 Å². The number of ether oxygens (including phenoxy) is 1. The van der Waals surface area contributed by atoms with E-state index in [-0.39, 0.29) is 0 Å². The van der Waals surface area contributed by atoms with E-state index in [4.69, 9.17) is 4.74 Å². The zero-order valence-corrected chi connectivity index (χ0v) is 9.80. The Morgan fingerprint density at radius 1 is 1.59 bits per heavy atom. The molecule has 1 atom stereocenters. The fourth-order valence-electron chi connectivity index (χ4n) is 2.24. The van der Waals surface area contributed by atoms with Crippen LogP contribution in [-0.2, 0) is 4.74 Å². The van der Waals surface area contributed by atoms with Crippen LogP contribution in [0.15, 0.2) is 5.10 Å². The number of hydrogen-bond donors (Lipinski definition) is 1. The van der Waals surface area contributed by atoms with Crippen molar-refractivity contribution in [1.29, 1.82) is 0 Å². The maximum Gasteiger partial charge on any atom is 0.271 e. The fraction of sp³-hybridized carbons (Fsp3) is 0.900. The Bertz CT molecular complexity index is 302. The molecule has 0 aromatic carbocycles. The predicted octanol–water partition coefficient (Wildman–Crippen LogP) is 0.256. The van der Waals surface area contributed by atoms with Crippen LogP contribution in [0.2, 0.25) is 0 Å². The van der Waals surface area contributed by atoms with E-state index in [1.807, 2.05) is 4.90 Å². The summed E-state index contributed by atoms with van der Waals surface area (Å²) in [6.45, 7) is 3.93. The van der Waals surface area contributed by atoms with Crippen LogP contribution in [0.5, 0.6) is 0 Å². The van der Waals surface area contributed by atoms with Crippen molar-refractivity contribution in [3.05, 3.63) is 10.1 Å². The van der Waals surface area contributed by atoms with Crippen LogP contribution in [0.4, 0.5) is 0 Å². The zero-order valence-electron chi connectivity index (χ0n) is 9.80. The Hall–Kier alpha value is -1.37. The van der Waals surface area contributed by atoms with Gasteiger partial charge in [-0.1, -0.05) is 0 Å². The van der Waals surface area contributed by atoms with Gasteiger partial charge < -0.3 is 15.0 Å². The Labute approximate surface area is 100.0 Å². The maximum atomic E-state index is 10.5. The molecule has 0 aromatic heterocycles. The standard InChI is InChI=1S/C10H18N4O3/c15-14(16)12-10-11-4-1-2-5-13(10)7-9-3-6-17-8-9/h9H,1-8H2,(H,11,12). The number of nitrogens with one attached hydrogen (secondary N) is 1. The average Bonchev–Trinajstić information content (AvgIpc) is 2.69. The second kappa shape index (κ2) is 5.81. The summed E-state index contributed by atoms with van der Waals surface area (Å²) in [4.78, 5) is 12.5. The third-order valence-electron chi connectivity index (χ3n) is 3.12. The minimum Gasteiger partial charge on any atom is -0.381 e. The van der Waals surface area contributed by atoms with Gasteiger partial charge in [-0.15, -0.1) is 0 Å². The van der Waals surface area contributed by atoms with Gasteiger partial charge in [0.15, 0.2) is 5.03 Å². The van der Waals surface area contributed by atoms with Crippen molar-refractivity contribution in [3.63, 3.8) is 0 Å². The van der Waals surface area contributed by atoms with Gasteiger partial charge >= 0.3 is 0 Å². The predicted molar refractivity (Wildman–Crippen MR) is 62.2 cm³/mol. The number of nitro groups is 1. The fourth-order valence-corrected chi connectivity index (χ4v) is 2.24. The highest BCUT2D eigenvalue weighted by Gasteiger charge is 2.24. The van der Waals surface area contributed by atoms with E-state index in [1.165, 1.54) is 0 Å². The van der Waals surface area contributed by atoms with E-state index in [9.17, 15) is 10.1 Å². The minimum absolute atomic E-state index is 0.402. The topological polar surface area (TPSA) is 80.0 Å². The molecule has 0 aliphatic carbocycles. The van der Waals surface area contributed by atoms with Gasteiger partial charge in [-0.25, -0.2) is 10.1 Å². The first-order valence-corrected chi connectivity index (χ1v) is 6.05. The van der Waals surface area contributed by atoms with Crippen molar-refractivity contribution in [3.8, 4) is 0 Å². The lowest BCUT2D eigenvalue weighted by Gasteiger charge is -2.24. The molecule has 0 saturated carbocycles. The molecule has 1 unspecified atom stereocenters. The second-order valence-corrected chi connectivity index (χ2v) is 4.47. The Balaban J connectivity index is 2.00. The molecule has 17 heavy (non-hydrogen) atoms. The second-order valence-electron chi connectivity index (χ2n) is 4.47. The number of hydrogen-bond acceptors (Lipinski definition) is 3. The summed E-state index contributed by atoms with van der Waals surface area (Å²) in [5.41, 5.74) is 0. The van der Waals surface area contributed by atoms with Crippen LogP contribution in [0.25, 0.3) is 0 Å². The molecule has 2 fully saturated rings. The van der Waals surface area contributed by atoms with Crippen LogP contribution in [0, 0.1) is 16.0 Å². The van der Waals surface area contributed by atoms with Crippen LogP contribution in [0.3, 0.4) is 0 Å². The summed E-state index contributed by atoms with van der Waals surface area (Å²) in [7, 11) is 0. The molecule has 1 N–H and O–H groups in total. The quantitative estimate of drug-likeness (QED) is 0.567. The molecule has 2 saturated heterocycles. The zero-order chi connectivity index (χ0) is 12.1. The molecular formula is C10H18N4O3. The first kappa shape index (κ1) is 12.1. The molecule has 2 rings (SSSR count). The molecule has 0 amide bonds. The van der Waals surface area contributed by atoms with Crippen LogP contribution < -0.4 is 5.32 Å². The molecule has 0 spiro atoms. The van der Waals surface area contributed by atoms with Gasteiger partial charge in [0.25, 0.3) is 5.96 Å². The van der Waals surface area contributed by atoms with Gasteiger partial charge in [0, 0.05) is 32.2 Å². The summed E-state index contributed by atoms with van der Waals surface area (Å²) in [5.74, 6) is 0.867. The molecule has 0 radical (unpaired) electrons. The van der Waals surface area contributed by atoms with Crippen LogP contribution in [-0.4, -0.2) is 48.7 Å². The maximum absolute atomic E-state index is 10.5. The van der Waals surface area contributed by atoms with E-state index < -0.39 is 5.03 Å². The van der Waals surface area contributed by atoms with Crippen molar-refractivity contribution >= 4 is 5.96 Å². The summed E-state index contributed by atoms with van der Waals surface area (Å²) < 4.78 is 5.33. The van der Waals surface area contributed by atoms with Gasteiger partial charge in [0.1, 0.15) is 5.10 Å². The molecule has 2 heterocycles. The first-order valence-electron chi connectivity index (χ1n) is 6.05. The molecule has 7 heteroatoms. The van der Waals surface area contributed by atoms with Gasteiger partial charge in [-0.05, 0) is 19.3 Å². The molecule has 0 aromatic rings. The lowest BCUT2D eigenvalue weighted by atomic mass is 10.1. The van der Waals surface area contributed by atoms with Crippen molar-refractivity contribution in [2.75, 3.05) is 32.8 Å². The van der Waals surface area contributed by atoms with E-state index in [2.05, 4.69) is 10.4 Å². The minimum atomic E-state index is -0.633. The van der Waals surface area contributed by atoms with Crippen molar-refractivity contribution in [1.82, 2.24) is 10.2 Å². The number of guanidine groups is 1. The van der Waals surface area contributed by atoms with E-state index in [0.29, 0.717) is 11.9 Å². The third kappa shape index (κ3) is 3.55. The third-order valence-corrected chi connectivity index (χ3v) is 3.12. The smallest absolute Gasteiger partial charge is 0.271 e. The molecule has 0 bridgehead atoms. The lowest BCUT2D eigenvalue weighted by Crippen LogP contribution is -2.43. The van der Waals surface area contributed by atoms with Gasteiger partial charge in [0.2, 0.25) is 0 Å². The van der Waals surface area contributed by atoms with E-state index in [0.717, 1.165) is 52.1 Å². The molecule has 2 aliphatic heterocycles. The van der Waals surface area contributed by atoms with Gasteiger partial charge in [-0.3, -0.25) is 0 Å². The monoisotopic (exact) mass is 242 g/mol. The highest BCUT2D eigenvalue weighted by atomic mass is 16.7. The number of hydrazone groups is 1. The van der Waals surface area contributed by atoms with Gasteiger partial charge in [-0.2, -0.15) is 0 Å². The summed E-state index contributed by atoms with van der Waals surface area (Å²) in [6.07, 6.45) is 3.09. The van der Waals surface area contributed by atoms with E-state index in [1.54, 1.807) is 0 Å². The molecule has 7 nitrogen and oxygen atoms in total. The van der Waals surface area contributed by atoms with Crippen LogP contribution >= 0.6 is 0 Å². The molecular weight excluding hydrogens is 224 g/mol. The first-order chi connectivity index (χ1) is 8.25. The normalized spacial score (nSPS) is 27.9. The highest BCUT2D eigenvalue weighted by molar-refractivity contribution is 5.79. The van der Waals surface area contributed by atoms with Crippen LogP contribution in [0.1, 0.15) is 19.3 Å². The van der Waals surface area contributed by atoms with Gasteiger partial charge in [0.05, 0.1) is 6.61 Å². The number of rotatable bonds is 3. The Morgan fingerprint density at radius 3 is 3.18 bits per heavy atom. The van der Waals surface area contributed by atoms with Crippen molar-refractivity contribution in [2.24, 2.45) is 11.0 Å². The summed E-state index contributed by atoms with van der Waals surface area (Å²) in [6, 6.07) is 0. The highest BCUT2D eigenvalue weighted by Crippen LogP contribution is 2.15. The van der Waals surface area contributed by atoms with E-state index >= 15 is 0 Å². The summed E-state index contributed by atoms with van der Waals surface area (Å²) >= 11 is 0. The average molecular weight is 242 g/mol. The van der Waals surface area contributed by atoms with Crippen molar-refractivity contribution < 1.29 is 9.77 Å². The summed E-state index contributed by atoms with van der Waals surface area (Å²) in [5, 5.41) is 16.3.